The van der Waals surface area contributed by atoms with Gasteiger partial charge < -0.3 is 10.0 Å². The molecule has 1 fully saturated rings. The Bertz CT molecular complexity index is 685. The second kappa shape index (κ2) is 8.32. The molecule has 2 aromatic rings. The minimum Gasteiger partial charge on any atom is -0.389 e. The van der Waals surface area contributed by atoms with Crippen molar-refractivity contribution in [3.8, 4) is 0 Å². The van der Waals surface area contributed by atoms with Crippen LogP contribution in [0, 0.1) is 17.7 Å². The number of hydrogen-bond donors (Lipinski definition) is 1. The van der Waals surface area contributed by atoms with Gasteiger partial charge in [-0.3, -0.25) is 0 Å². The number of halogens is 1. The Kier molecular flexibility index (Phi) is 6.10. The second-order valence-electron chi connectivity index (χ2n) is 8.20. The Hall–Kier alpha value is -1.71. The van der Waals surface area contributed by atoms with Crippen molar-refractivity contribution in [3.05, 3.63) is 71.5 Å². The van der Waals surface area contributed by atoms with Crippen LogP contribution in [0.1, 0.15) is 30.4 Å². The van der Waals surface area contributed by atoms with Crippen molar-refractivity contribution in [3.63, 3.8) is 0 Å². The molecular weight excluding hydrogens is 325 g/mol. The van der Waals surface area contributed by atoms with Crippen LogP contribution in [0.5, 0.6) is 0 Å². The summed E-state index contributed by atoms with van der Waals surface area (Å²) in [7, 11) is 4.15. The average molecular weight is 355 g/mol. The van der Waals surface area contributed by atoms with Gasteiger partial charge in [0.1, 0.15) is 5.82 Å². The minimum absolute atomic E-state index is 0.180. The molecule has 0 radical (unpaired) electrons. The van der Waals surface area contributed by atoms with Gasteiger partial charge in [0.25, 0.3) is 0 Å². The number of aliphatic hydroxyl groups is 1. The molecule has 2 nitrogen and oxygen atoms in total. The molecule has 3 heteroatoms. The van der Waals surface area contributed by atoms with E-state index in [0.717, 1.165) is 38.6 Å². The van der Waals surface area contributed by atoms with Gasteiger partial charge in [0.05, 0.1) is 5.60 Å². The summed E-state index contributed by atoms with van der Waals surface area (Å²) in [6, 6.07) is 17.2. The zero-order valence-electron chi connectivity index (χ0n) is 15.9. The van der Waals surface area contributed by atoms with Crippen LogP contribution in [0.2, 0.25) is 0 Å². The third-order valence-corrected chi connectivity index (χ3v) is 5.74. The standard InChI is InChI=1S/C23H30FNO/c1-25(2)17-21-15-20(14-18-8-10-22(24)11-9-18)12-13-23(21,26)16-19-6-4-3-5-7-19/h3-11,20-21,26H,12-17H2,1-2H3. The predicted octanol–water partition coefficient (Wildman–Crippen LogP) is 4.32. The summed E-state index contributed by atoms with van der Waals surface area (Å²) in [5.41, 5.74) is 1.74. The van der Waals surface area contributed by atoms with Crippen molar-refractivity contribution >= 4 is 0 Å². The van der Waals surface area contributed by atoms with Gasteiger partial charge in [0.15, 0.2) is 0 Å². The van der Waals surface area contributed by atoms with E-state index in [9.17, 15) is 9.50 Å². The van der Waals surface area contributed by atoms with Gasteiger partial charge in [-0.2, -0.15) is 0 Å². The van der Waals surface area contributed by atoms with Crippen molar-refractivity contribution in [1.29, 1.82) is 0 Å². The highest BCUT2D eigenvalue weighted by atomic mass is 19.1. The van der Waals surface area contributed by atoms with Gasteiger partial charge in [0.2, 0.25) is 0 Å². The van der Waals surface area contributed by atoms with E-state index in [1.165, 1.54) is 11.1 Å². The summed E-state index contributed by atoms with van der Waals surface area (Å²) in [5, 5.41) is 11.5. The van der Waals surface area contributed by atoms with Crippen LogP contribution in [0.3, 0.4) is 0 Å². The zero-order chi connectivity index (χ0) is 18.6. The summed E-state index contributed by atoms with van der Waals surface area (Å²) >= 11 is 0. The first-order valence-electron chi connectivity index (χ1n) is 9.60. The molecule has 0 aliphatic heterocycles. The van der Waals surface area contributed by atoms with E-state index in [1.807, 2.05) is 30.3 Å². The molecule has 1 N–H and O–H groups in total. The fraction of sp³-hybridized carbons (Fsp3) is 0.478. The van der Waals surface area contributed by atoms with Crippen molar-refractivity contribution < 1.29 is 9.50 Å². The molecule has 0 amide bonds. The first-order valence-corrected chi connectivity index (χ1v) is 9.60. The Morgan fingerprint density at radius 3 is 2.38 bits per heavy atom. The van der Waals surface area contributed by atoms with Gasteiger partial charge in [0, 0.05) is 18.9 Å². The van der Waals surface area contributed by atoms with E-state index >= 15 is 0 Å². The topological polar surface area (TPSA) is 23.5 Å². The molecule has 0 spiro atoms. The van der Waals surface area contributed by atoms with Crippen molar-refractivity contribution in [2.45, 2.75) is 37.7 Å². The summed E-state index contributed by atoms with van der Waals surface area (Å²) in [4.78, 5) is 2.18. The Morgan fingerprint density at radius 1 is 1.04 bits per heavy atom. The van der Waals surface area contributed by atoms with Crippen LogP contribution < -0.4 is 0 Å². The lowest BCUT2D eigenvalue weighted by Gasteiger charge is -2.44. The van der Waals surface area contributed by atoms with Crippen molar-refractivity contribution in [2.75, 3.05) is 20.6 Å². The summed E-state index contributed by atoms with van der Waals surface area (Å²) in [5.74, 6) is 0.610. The van der Waals surface area contributed by atoms with Gasteiger partial charge in [-0.05, 0) is 69.0 Å². The van der Waals surface area contributed by atoms with Crippen LogP contribution in [-0.2, 0) is 12.8 Å². The maximum absolute atomic E-state index is 13.1. The largest absolute Gasteiger partial charge is 0.389 e. The highest BCUT2D eigenvalue weighted by Crippen LogP contribution is 2.40. The highest BCUT2D eigenvalue weighted by molar-refractivity contribution is 5.19. The first kappa shape index (κ1) is 19.1. The molecular formula is C23H30FNO. The minimum atomic E-state index is -0.648. The van der Waals surface area contributed by atoms with E-state index in [1.54, 1.807) is 12.1 Å². The van der Waals surface area contributed by atoms with E-state index in [-0.39, 0.29) is 11.7 Å². The van der Waals surface area contributed by atoms with E-state index in [0.29, 0.717) is 5.92 Å². The molecule has 2 aromatic carbocycles. The van der Waals surface area contributed by atoms with Crippen LogP contribution in [0.25, 0.3) is 0 Å². The lowest BCUT2D eigenvalue weighted by molar-refractivity contribution is -0.0685. The second-order valence-corrected chi connectivity index (χ2v) is 8.20. The molecule has 0 bridgehead atoms. The molecule has 1 saturated carbocycles. The molecule has 3 rings (SSSR count). The van der Waals surface area contributed by atoms with Gasteiger partial charge in [-0.25, -0.2) is 4.39 Å². The van der Waals surface area contributed by atoms with Gasteiger partial charge in [-0.1, -0.05) is 42.5 Å². The summed E-state index contributed by atoms with van der Waals surface area (Å²) < 4.78 is 13.1. The Balaban J connectivity index is 1.71. The summed E-state index contributed by atoms with van der Waals surface area (Å²) in [6.45, 7) is 0.892. The van der Waals surface area contributed by atoms with E-state index in [2.05, 4.69) is 31.1 Å². The smallest absolute Gasteiger partial charge is 0.123 e. The molecule has 26 heavy (non-hydrogen) atoms. The lowest BCUT2D eigenvalue weighted by Crippen LogP contribution is -2.49. The van der Waals surface area contributed by atoms with E-state index < -0.39 is 5.60 Å². The zero-order valence-corrected chi connectivity index (χ0v) is 15.9. The maximum Gasteiger partial charge on any atom is 0.123 e. The fourth-order valence-corrected chi connectivity index (χ4v) is 4.40. The highest BCUT2D eigenvalue weighted by Gasteiger charge is 2.42. The predicted molar refractivity (Wildman–Crippen MR) is 105 cm³/mol. The van der Waals surface area contributed by atoms with Crippen LogP contribution in [0.15, 0.2) is 54.6 Å². The van der Waals surface area contributed by atoms with Crippen molar-refractivity contribution in [2.24, 2.45) is 11.8 Å². The monoisotopic (exact) mass is 355 g/mol. The van der Waals surface area contributed by atoms with Crippen LogP contribution in [0.4, 0.5) is 4.39 Å². The normalized spacial score (nSPS) is 26.2. The maximum atomic E-state index is 13.1. The number of benzene rings is 2. The van der Waals surface area contributed by atoms with Crippen LogP contribution >= 0.6 is 0 Å². The SMILES string of the molecule is CN(C)CC1CC(Cc2ccc(F)cc2)CCC1(O)Cc1ccccc1. The summed E-state index contributed by atoms with van der Waals surface area (Å²) in [6.07, 6.45) is 4.54. The third-order valence-electron chi connectivity index (χ3n) is 5.74. The molecule has 1 aliphatic rings. The third kappa shape index (κ3) is 4.93. The molecule has 0 saturated heterocycles. The lowest BCUT2D eigenvalue weighted by atomic mass is 9.67. The molecule has 0 aromatic heterocycles. The first-order chi connectivity index (χ1) is 12.4. The van der Waals surface area contributed by atoms with Crippen LogP contribution in [-0.4, -0.2) is 36.2 Å². The van der Waals surface area contributed by atoms with Gasteiger partial charge >= 0.3 is 0 Å². The molecule has 3 atom stereocenters. The fourth-order valence-electron chi connectivity index (χ4n) is 4.40. The van der Waals surface area contributed by atoms with Crippen molar-refractivity contribution in [1.82, 2.24) is 4.90 Å². The Labute approximate surface area is 156 Å². The average Bonchev–Trinajstić information content (AvgIpc) is 2.61. The molecule has 140 valence electrons. The number of hydrogen-bond acceptors (Lipinski definition) is 2. The molecule has 0 heterocycles. The van der Waals surface area contributed by atoms with Gasteiger partial charge in [-0.15, -0.1) is 0 Å². The molecule has 1 aliphatic carbocycles. The number of rotatable bonds is 6. The van der Waals surface area contributed by atoms with E-state index in [4.69, 9.17) is 0 Å². The number of nitrogens with zero attached hydrogens (tertiary/aromatic N) is 1. The molecule has 3 unspecified atom stereocenters. The quantitative estimate of drug-likeness (QED) is 0.834. The Morgan fingerprint density at radius 2 is 1.73 bits per heavy atom.